The van der Waals surface area contributed by atoms with Crippen molar-refractivity contribution >= 4 is 0 Å². The highest BCUT2D eigenvalue weighted by atomic mass is 16.5. The third kappa shape index (κ3) is 3.49. The lowest BCUT2D eigenvalue weighted by Crippen LogP contribution is -2.20. The third-order valence-corrected chi connectivity index (χ3v) is 4.64. The maximum atomic E-state index is 10.3. The highest BCUT2D eigenvalue weighted by Gasteiger charge is 2.34. The number of ether oxygens (including phenoxy) is 1. The zero-order valence-corrected chi connectivity index (χ0v) is 13.4. The topological polar surface area (TPSA) is 52.9 Å². The number of aliphatic hydroxyl groups is 1. The SMILES string of the molecule is COc1ccc([C@H]2CN(Cc3ccccc3)C[C@@H]2CO)c(O)c1. The smallest absolute Gasteiger partial charge is 0.122 e. The summed E-state index contributed by atoms with van der Waals surface area (Å²) < 4.78 is 5.15. The first kappa shape index (κ1) is 15.8. The van der Waals surface area contributed by atoms with E-state index in [1.165, 1.54) is 5.56 Å². The van der Waals surface area contributed by atoms with Crippen molar-refractivity contribution in [2.75, 3.05) is 26.8 Å². The average molecular weight is 313 g/mol. The minimum absolute atomic E-state index is 0.126. The molecule has 23 heavy (non-hydrogen) atoms. The van der Waals surface area contributed by atoms with Crippen molar-refractivity contribution in [1.82, 2.24) is 4.90 Å². The summed E-state index contributed by atoms with van der Waals surface area (Å²) >= 11 is 0. The normalized spacial score (nSPS) is 21.5. The molecule has 0 spiro atoms. The highest BCUT2D eigenvalue weighted by Crippen LogP contribution is 2.38. The Morgan fingerprint density at radius 2 is 1.91 bits per heavy atom. The van der Waals surface area contributed by atoms with Crippen LogP contribution in [0.4, 0.5) is 0 Å². The number of phenolic OH excluding ortho intramolecular Hbond substituents is 1. The Morgan fingerprint density at radius 3 is 2.57 bits per heavy atom. The molecule has 0 amide bonds. The van der Waals surface area contributed by atoms with Crippen molar-refractivity contribution in [3.8, 4) is 11.5 Å². The fraction of sp³-hybridized carbons (Fsp3) is 0.368. The molecular formula is C19H23NO3. The van der Waals surface area contributed by atoms with Crippen LogP contribution in [-0.2, 0) is 6.54 Å². The molecule has 3 rings (SSSR count). The number of aromatic hydroxyl groups is 1. The van der Waals surface area contributed by atoms with E-state index >= 15 is 0 Å². The van der Waals surface area contributed by atoms with Crippen molar-refractivity contribution in [2.45, 2.75) is 12.5 Å². The van der Waals surface area contributed by atoms with Crippen LogP contribution < -0.4 is 4.74 Å². The Kier molecular flexibility index (Phi) is 4.84. The molecule has 122 valence electrons. The Morgan fingerprint density at radius 1 is 1.13 bits per heavy atom. The van der Waals surface area contributed by atoms with Crippen LogP contribution in [0, 0.1) is 5.92 Å². The molecule has 0 aromatic heterocycles. The van der Waals surface area contributed by atoms with Gasteiger partial charge >= 0.3 is 0 Å². The van der Waals surface area contributed by atoms with Gasteiger partial charge in [0.1, 0.15) is 11.5 Å². The second-order valence-electron chi connectivity index (χ2n) is 6.15. The number of benzene rings is 2. The fourth-order valence-corrected chi connectivity index (χ4v) is 3.43. The van der Waals surface area contributed by atoms with Crippen LogP contribution in [0.15, 0.2) is 48.5 Å². The summed E-state index contributed by atoms with van der Waals surface area (Å²) in [6.07, 6.45) is 0. The predicted molar refractivity (Wildman–Crippen MR) is 89.7 cm³/mol. The van der Waals surface area contributed by atoms with E-state index in [-0.39, 0.29) is 24.2 Å². The number of aliphatic hydroxyl groups excluding tert-OH is 1. The highest BCUT2D eigenvalue weighted by molar-refractivity contribution is 5.42. The quantitative estimate of drug-likeness (QED) is 0.891. The van der Waals surface area contributed by atoms with Crippen molar-refractivity contribution < 1.29 is 14.9 Å². The van der Waals surface area contributed by atoms with Crippen LogP contribution in [0.1, 0.15) is 17.0 Å². The summed E-state index contributed by atoms with van der Waals surface area (Å²) in [6.45, 7) is 2.66. The Balaban J connectivity index is 1.77. The fourth-order valence-electron chi connectivity index (χ4n) is 3.43. The Hall–Kier alpha value is -2.04. The number of methoxy groups -OCH3 is 1. The number of hydrogen-bond donors (Lipinski definition) is 2. The number of rotatable bonds is 5. The van der Waals surface area contributed by atoms with Gasteiger partial charge in [0, 0.05) is 44.1 Å². The van der Waals surface area contributed by atoms with E-state index in [1.807, 2.05) is 30.3 Å². The van der Waals surface area contributed by atoms with Crippen LogP contribution in [0.5, 0.6) is 11.5 Å². The maximum absolute atomic E-state index is 10.3. The molecule has 0 unspecified atom stereocenters. The summed E-state index contributed by atoms with van der Waals surface area (Å²) in [6, 6.07) is 15.8. The van der Waals surface area contributed by atoms with Gasteiger partial charge in [0.15, 0.2) is 0 Å². The molecule has 0 saturated carbocycles. The molecule has 1 aliphatic heterocycles. The van der Waals surface area contributed by atoms with Gasteiger partial charge in [0.05, 0.1) is 7.11 Å². The van der Waals surface area contributed by atoms with Gasteiger partial charge in [-0.2, -0.15) is 0 Å². The summed E-state index contributed by atoms with van der Waals surface area (Å²) in [4.78, 5) is 2.34. The number of nitrogens with zero attached hydrogens (tertiary/aromatic N) is 1. The van der Waals surface area contributed by atoms with Gasteiger partial charge in [0.25, 0.3) is 0 Å². The lowest BCUT2D eigenvalue weighted by atomic mass is 9.89. The second-order valence-corrected chi connectivity index (χ2v) is 6.15. The van der Waals surface area contributed by atoms with E-state index in [0.717, 1.165) is 25.2 Å². The maximum Gasteiger partial charge on any atom is 0.122 e. The molecular weight excluding hydrogens is 290 g/mol. The summed E-state index contributed by atoms with van der Waals surface area (Å²) in [5, 5.41) is 20.0. The van der Waals surface area contributed by atoms with E-state index in [9.17, 15) is 10.2 Å². The minimum atomic E-state index is 0.126. The molecule has 1 saturated heterocycles. The van der Waals surface area contributed by atoms with Gasteiger partial charge < -0.3 is 14.9 Å². The molecule has 2 atom stereocenters. The third-order valence-electron chi connectivity index (χ3n) is 4.64. The molecule has 2 N–H and O–H groups in total. The van der Waals surface area contributed by atoms with Gasteiger partial charge in [-0.1, -0.05) is 36.4 Å². The van der Waals surface area contributed by atoms with Crippen LogP contribution in [0.25, 0.3) is 0 Å². The molecule has 0 bridgehead atoms. The van der Waals surface area contributed by atoms with E-state index < -0.39 is 0 Å². The molecule has 1 aliphatic rings. The van der Waals surface area contributed by atoms with Gasteiger partial charge in [0.2, 0.25) is 0 Å². The number of phenols is 1. The molecule has 4 heteroatoms. The molecule has 1 heterocycles. The Bertz CT molecular complexity index is 644. The second kappa shape index (κ2) is 7.02. The van der Waals surface area contributed by atoms with Crippen molar-refractivity contribution in [1.29, 1.82) is 0 Å². The summed E-state index contributed by atoms with van der Waals surface area (Å²) in [7, 11) is 1.59. The number of likely N-dealkylation sites (tertiary alicyclic amines) is 1. The largest absolute Gasteiger partial charge is 0.508 e. The molecule has 1 fully saturated rings. The predicted octanol–water partition coefficient (Wildman–Crippen LogP) is 2.61. The first-order valence-electron chi connectivity index (χ1n) is 7.95. The Labute approximate surface area is 136 Å². The van der Waals surface area contributed by atoms with Crippen LogP contribution >= 0.6 is 0 Å². The first-order chi connectivity index (χ1) is 11.2. The van der Waals surface area contributed by atoms with Gasteiger partial charge in [-0.15, -0.1) is 0 Å². The van der Waals surface area contributed by atoms with Crippen molar-refractivity contribution in [3.05, 3.63) is 59.7 Å². The average Bonchev–Trinajstić information content (AvgIpc) is 2.98. The van der Waals surface area contributed by atoms with E-state index in [4.69, 9.17) is 4.74 Å². The first-order valence-corrected chi connectivity index (χ1v) is 7.95. The van der Waals surface area contributed by atoms with Gasteiger partial charge in [-0.05, 0) is 17.2 Å². The van der Waals surface area contributed by atoms with Crippen LogP contribution in [-0.4, -0.2) is 41.9 Å². The van der Waals surface area contributed by atoms with Crippen LogP contribution in [0.2, 0.25) is 0 Å². The molecule has 4 nitrogen and oxygen atoms in total. The zero-order chi connectivity index (χ0) is 16.2. The van der Waals surface area contributed by atoms with Gasteiger partial charge in [-0.3, -0.25) is 4.90 Å². The van der Waals surface area contributed by atoms with Crippen molar-refractivity contribution in [3.63, 3.8) is 0 Å². The number of hydrogen-bond acceptors (Lipinski definition) is 4. The lowest BCUT2D eigenvalue weighted by Gasteiger charge is -2.18. The zero-order valence-electron chi connectivity index (χ0n) is 13.4. The molecule has 0 radical (unpaired) electrons. The van der Waals surface area contributed by atoms with Crippen LogP contribution in [0.3, 0.4) is 0 Å². The molecule has 2 aromatic rings. The summed E-state index contributed by atoms with van der Waals surface area (Å²) in [5.41, 5.74) is 2.16. The van der Waals surface area contributed by atoms with E-state index in [1.54, 1.807) is 13.2 Å². The monoisotopic (exact) mass is 313 g/mol. The van der Waals surface area contributed by atoms with E-state index in [2.05, 4.69) is 17.0 Å². The van der Waals surface area contributed by atoms with E-state index in [0.29, 0.717) is 5.75 Å². The van der Waals surface area contributed by atoms with Gasteiger partial charge in [-0.25, -0.2) is 0 Å². The lowest BCUT2D eigenvalue weighted by molar-refractivity contribution is 0.213. The summed E-state index contributed by atoms with van der Waals surface area (Å²) in [5.74, 6) is 1.16. The van der Waals surface area contributed by atoms with Crippen molar-refractivity contribution in [2.24, 2.45) is 5.92 Å². The standard InChI is InChI=1S/C19H23NO3/c1-23-16-7-8-17(19(22)9-16)18-12-20(11-15(18)13-21)10-14-5-3-2-4-6-14/h2-9,15,18,21-22H,10-13H2,1H3/t15-,18+/m1/s1. The molecule has 0 aliphatic carbocycles. The minimum Gasteiger partial charge on any atom is -0.508 e. The molecule has 2 aromatic carbocycles.